The Morgan fingerprint density at radius 2 is 1.24 bits per heavy atom. The molecule has 0 aromatic carbocycles. The van der Waals surface area contributed by atoms with Gasteiger partial charge in [0, 0.05) is 19.4 Å². The number of hydrogen-bond acceptors (Lipinski definition) is 4. The van der Waals surface area contributed by atoms with Crippen LogP contribution in [0.2, 0.25) is 0 Å². The van der Waals surface area contributed by atoms with E-state index in [1.165, 1.54) is 142 Å². The third-order valence-corrected chi connectivity index (χ3v) is 7.92. The molecule has 0 radical (unpaired) electrons. The van der Waals surface area contributed by atoms with Gasteiger partial charge in [0.25, 0.3) is 0 Å². The Kier molecular flexibility index (Phi) is 24.6. The van der Waals surface area contributed by atoms with Crippen LogP contribution in [0.25, 0.3) is 0 Å². The van der Waals surface area contributed by atoms with E-state index in [2.05, 4.69) is 22.0 Å². The highest BCUT2D eigenvalue weighted by molar-refractivity contribution is 5.75. The second-order valence-corrected chi connectivity index (χ2v) is 11.5. The number of rotatable bonds is 28. The number of unbranched alkanes of at least 4 members (excludes halogenated alkanes) is 15. The van der Waals surface area contributed by atoms with Gasteiger partial charge in [-0.1, -0.05) is 84.0 Å². The molecule has 1 saturated heterocycles. The molecule has 0 saturated carbocycles. The van der Waals surface area contributed by atoms with Gasteiger partial charge in [-0.05, 0) is 90.6 Å². The van der Waals surface area contributed by atoms with E-state index >= 15 is 0 Å². The normalized spacial score (nSPS) is 14.0. The molecule has 0 unspecified atom stereocenters. The predicted molar refractivity (Wildman–Crippen MR) is 159 cm³/mol. The maximum atomic E-state index is 12.2. The zero-order chi connectivity index (χ0) is 26.7. The first-order valence-corrected chi connectivity index (χ1v) is 16.4. The summed E-state index contributed by atoms with van der Waals surface area (Å²) in [6.45, 7) is 10.5. The summed E-state index contributed by atoms with van der Waals surface area (Å²) < 4.78 is 0. The molecule has 1 heterocycles. The summed E-state index contributed by atoms with van der Waals surface area (Å²) in [7, 11) is 0. The van der Waals surface area contributed by atoms with E-state index < -0.39 is 0 Å². The minimum atomic E-state index is 0.247. The number of nitrogens with one attached hydrogen (secondary N) is 1. The number of hydrogen-bond donors (Lipinski definition) is 1. The van der Waals surface area contributed by atoms with Gasteiger partial charge in [-0.15, -0.1) is 0 Å². The Labute approximate surface area is 230 Å². The highest BCUT2D eigenvalue weighted by Gasteiger charge is 2.12. The van der Waals surface area contributed by atoms with E-state index in [4.69, 9.17) is 0 Å². The second-order valence-electron chi connectivity index (χ2n) is 11.5. The summed E-state index contributed by atoms with van der Waals surface area (Å²) >= 11 is 0. The fraction of sp³-hybridized carbons (Fsp3) is 0.938. The van der Waals surface area contributed by atoms with Crippen molar-refractivity contribution in [3.63, 3.8) is 0 Å². The Morgan fingerprint density at radius 1 is 0.703 bits per heavy atom. The van der Waals surface area contributed by atoms with Crippen LogP contribution < -0.4 is 5.32 Å². The van der Waals surface area contributed by atoms with E-state index in [9.17, 15) is 9.59 Å². The van der Waals surface area contributed by atoms with Crippen molar-refractivity contribution in [2.75, 3.05) is 45.8 Å². The van der Waals surface area contributed by atoms with Crippen molar-refractivity contribution in [2.24, 2.45) is 0 Å². The first kappa shape index (κ1) is 34.1. The molecule has 37 heavy (non-hydrogen) atoms. The maximum Gasteiger partial charge on any atom is 0.219 e. The number of amides is 1. The minimum Gasteiger partial charge on any atom is -0.356 e. The van der Waals surface area contributed by atoms with Crippen molar-refractivity contribution in [1.29, 1.82) is 0 Å². The van der Waals surface area contributed by atoms with Gasteiger partial charge >= 0.3 is 0 Å². The van der Waals surface area contributed by atoms with Crippen LogP contribution in [-0.4, -0.2) is 67.8 Å². The molecule has 218 valence electrons. The Morgan fingerprint density at radius 3 is 1.89 bits per heavy atom. The van der Waals surface area contributed by atoms with Crippen LogP contribution in [0.15, 0.2) is 0 Å². The molecular weight excluding hydrogens is 458 g/mol. The van der Waals surface area contributed by atoms with Crippen molar-refractivity contribution in [3.8, 4) is 0 Å². The third kappa shape index (κ3) is 22.7. The van der Waals surface area contributed by atoms with Gasteiger partial charge in [0.1, 0.15) is 6.29 Å². The van der Waals surface area contributed by atoms with Crippen LogP contribution in [0.4, 0.5) is 0 Å². The predicted octanol–water partition coefficient (Wildman–Crippen LogP) is 7.52. The first-order chi connectivity index (χ1) is 18.3. The Bertz CT molecular complexity index is 508. The molecule has 0 aliphatic carbocycles. The summed E-state index contributed by atoms with van der Waals surface area (Å²) in [5, 5.41) is 3.13. The average Bonchev–Trinajstić information content (AvgIpc) is 3.42. The summed E-state index contributed by atoms with van der Waals surface area (Å²) in [5.74, 6) is 0.247. The molecule has 0 aromatic heterocycles. The SMILES string of the molecule is CCCCCCCCCCCNC(=O)CCCCCN(CCCCCCCC=O)CCCN1CCCC1. The Hall–Kier alpha value is -0.940. The molecule has 1 amide bonds. The number of nitrogens with zero attached hydrogens (tertiary/aromatic N) is 2. The molecular formula is C32H63N3O2. The lowest BCUT2D eigenvalue weighted by Crippen LogP contribution is -2.30. The van der Waals surface area contributed by atoms with Gasteiger partial charge in [-0.2, -0.15) is 0 Å². The quantitative estimate of drug-likeness (QED) is 0.0854. The van der Waals surface area contributed by atoms with Gasteiger partial charge < -0.3 is 19.9 Å². The summed E-state index contributed by atoms with van der Waals surface area (Å²) in [6.07, 6.45) is 27.8. The van der Waals surface area contributed by atoms with Crippen molar-refractivity contribution >= 4 is 12.2 Å². The lowest BCUT2D eigenvalue weighted by Gasteiger charge is -2.24. The van der Waals surface area contributed by atoms with Crippen molar-refractivity contribution < 1.29 is 9.59 Å². The van der Waals surface area contributed by atoms with E-state index in [0.717, 1.165) is 44.9 Å². The number of carbonyl (C=O) groups excluding carboxylic acids is 2. The molecule has 5 heteroatoms. The van der Waals surface area contributed by atoms with Crippen molar-refractivity contribution in [3.05, 3.63) is 0 Å². The molecule has 1 aliphatic rings. The standard InChI is InChI=1S/C32H63N3O2/c1-2-3-4-5-6-7-8-11-16-24-33-32(37)23-15-14-18-26-34(25-17-12-9-10-13-21-31-36)29-22-30-35-27-19-20-28-35/h31H,2-30H2,1H3,(H,33,37). The van der Waals surface area contributed by atoms with Crippen LogP contribution in [-0.2, 0) is 9.59 Å². The molecule has 0 atom stereocenters. The van der Waals surface area contributed by atoms with Crippen molar-refractivity contribution in [1.82, 2.24) is 15.1 Å². The van der Waals surface area contributed by atoms with Crippen LogP contribution in [0.5, 0.6) is 0 Å². The Balaban J connectivity index is 2.04. The topological polar surface area (TPSA) is 52.7 Å². The monoisotopic (exact) mass is 521 g/mol. The van der Waals surface area contributed by atoms with Gasteiger partial charge in [0.2, 0.25) is 5.91 Å². The number of carbonyl (C=O) groups is 2. The molecule has 0 bridgehead atoms. The zero-order valence-electron chi connectivity index (χ0n) is 24.8. The van der Waals surface area contributed by atoms with Crippen LogP contribution in [0, 0.1) is 0 Å². The lowest BCUT2D eigenvalue weighted by atomic mass is 10.1. The summed E-state index contributed by atoms with van der Waals surface area (Å²) in [5.41, 5.74) is 0. The molecule has 1 N–H and O–H groups in total. The van der Waals surface area contributed by atoms with E-state index in [-0.39, 0.29) is 5.91 Å². The van der Waals surface area contributed by atoms with E-state index in [1.807, 2.05) is 0 Å². The van der Waals surface area contributed by atoms with Crippen molar-refractivity contribution in [2.45, 2.75) is 148 Å². The molecule has 1 fully saturated rings. The van der Waals surface area contributed by atoms with Gasteiger partial charge in [0.15, 0.2) is 0 Å². The molecule has 0 spiro atoms. The van der Waals surface area contributed by atoms with E-state index in [1.54, 1.807) is 0 Å². The molecule has 5 nitrogen and oxygen atoms in total. The number of aldehydes is 1. The van der Waals surface area contributed by atoms with Crippen LogP contribution >= 0.6 is 0 Å². The van der Waals surface area contributed by atoms with E-state index in [0.29, 0.717) is 6.42 Å². The number of likely N-dealkylation sites (tertiary alicyclic amines) is 1. The largest absolute Gasteiger partial charge is 0.356 e. The highest BCUT2D eigenvalue weighted by atomic mass is 16.1. The smallest absolute Gasteiger partial charge is 0.219 e. The molecule has 0 aromatic rings. The first-order valence-electron chi connectivity index (χ1n) is 16.4. The third-order valence-electron chi connectivity index (χ3n) is 7.92. The fourth-order valence-electron chi connectivity index (χ4n) is 5.50. The summed E-state index contributed by atoms with van der Waals surface area (Å²) in [4.78, 5) is 27.9. The second kappa shape index (κ2) is 26.7. The highest BCUT2D eigenvalue weighted by Crippen LogP contribution is 2.11. The fourth-order valence-corrected chi connectivity index (χ4v) is 5.50. The lowest BCUT2D eigenvalue weighted by molar-refractivity contribution is -0.121. The molecule has 1 aliphatic heterocycles. The van der Waals surface area contributed by atoms with Crippen LogP contribution in [0.1, 0.15) is 148 Å². The minimum absolute atomic E-state index is 0.247. The summed E-state index contributed by atoms with van der Waals surface area (Å²) in [6, 6.07) is 0. The van der Waals surface area contributed by atoms with Gasteiger partial charge in [0.05, 0.1) is 0 Å². The van der Waals surface area contributed by atoms with Gasteiger partial charge in [-0.25, -0.2) is 0 Å². The average molecular weight is 522 g/mol. The van der Waals surface area contributed by atoms with Gasteiger partial charge in [-0.3, -0.25) is 4.79 Å². The maximum absolute atomic E-state index is 12.2. The molecule has 1 rings (SSSR count). The zero-order valence-corrected chi connectivity index (χ0v) is 24.8. The van der Waals surface area contributed by atoms with Crippen LogP contribution in [0.3, 0.4) is 0 Å².